The van der Waals surface area contributed by atoms with Crippen molar-refractivity contribution < 1.29 is 4.74 Å². The van der Waals surface area contributed by atoms with Crippen LogP contribution in [0, 0.1) is 0 Å². The van der Waals surface area contributed by atoms with E-state index in [0.717, 1.165) is 12.2 Å². The van der Waals surface area contributed by atoms with Crippen LogP contribution in [0.5, 0.6) is 5.75 Å². The Morgan fingerprint density at radius 1 is 1.36 bits per heavy atom. The van der Waals surface area contributed by atoms with Crippen LogP contribution in [0.2, 0.25) is 0 Å². The molecular weight excluding hydrogens is 240 g/mol. The quantitative estimate of drug-likeness (QED) is 0.741. The standard InChI is InChI=1S/C12H17BrO/c1-4-11(13)9(2)10-7-5-6-8-12(10)14-3/h5-9,11H,4H2,1-3H3. The highest BCUT2D eigenvalue weighted by atomic mass is 79.9. The van der Waals surface area contributed by atoms with Crippen LogP contribution in [0.3, 0.4) is 0 Å². The molecule has 1 aromatic carbocycles. The molecule has 0 N–H and O–H groups in total. The summed E-state index contributed by atoms with van der Waals surface area (Å²) in [6, 6.07) is 8.21. The monoisotopic (exact) mass is 256 g/mol. The van der Waals surface area contributed by atoms with E-state index in [1.807, 2.05) is 12.1 Å². The van der Waals surface area contributed by atoms with Crippen molar-refractivity contribution >= 4 is 15.9 Å². The van der Waals surface area contributed by atoms with E-state index in [4.69, 9.17) is 4.74 Å². The van der Waals surface area contributed by atoms with Gasteiger partial charge in [-0.25, -0.2) is 0 Å². The van der Waals surface area contributed by atoms with Crippen molar-refractivity contribution in [2.45, 2.75) is 31.0 Å². The van der Waals surface area contributed by atoms with Gasteiger partial charge in [0.25, 0.3) is 0 Å². The third-order valence-electron chi connectivity index (χ3n) is 2.56. The summed E-state index contributed by atoms with van der Waals surface area (Å²) < 4.78 is 5.34. The van der Waals surface area contributed by atoms with Crippen LogP contribution in [-0.2, 0) is 0 Å². The van der Waals surface area contributed by atoms with Crippen molar-refractivity contribution in [2.24, 2.45) is 0 Å². The van der Waals surface area contributed by atoms with Gasteiger partial charge in [0.2, 0.25) is 0 Å². The molecule has 0 spiro atoms. The second-order valence-electron chi connectivity index (χ2n) is 3.45. The Morgan fingerprint density at radius 3 is 2.57 bits per heavy atom. The molecule has 2 heteroatoms. The lowest BCUT2D eigenvalue weighted by atomic mass is 9.95. The van der Waals surface area contributed by atoms with Crippen LogP contribution < -0.4 is 4.74 Å². The number of methoxy groups -OCH3 is 1. The van der Waals surface area contributed by atoms with Crippen LogP contribution >= 0.6 is 15.9 Å². The minimum Gasteiger partial charge on any atom is -0.496 e. The first-order chi connectivity index (χ1) is 6.70. The number of halogens is 1. The molecule has 0 aliphatic carbocycles. The molecule has 0 aromatic heterocycles. The van der Waals surface area contributed by atoms with Gasteiger partial charge in [-0.1, -0.05) is 48.0 Å². The molecule has 0 radical (unpaired) electrons. The first kappa shape index (κ1) is 11.6. The number of rotatable bonds is 4. The second kappa shape index (κ2) is 5.40. The van der Waals surface area contributed by atoms with Crippen LogP contribution in [-0.4, -0.2) is 11.9 Å². The van der Waals surface area contributed by atoms with Crippen molar-refractivity contribution in [2.75, 3.05) is 7.11 Å². The van der Waals surface area contributed by atoms with Gasteiger partial charge in [0.05, 0.1) is 7.11 Å². The van der Waals surface area contributed by atoms with E-state index in [9.17, 15) is 0 Å². The maximum absolute atomic E-state index is 5.34. The predicted octanol–water partition coefficient (Wildman–Crippen LogP) is 3.97. The maximum atomic E-state index is 5.34. The molecular formula is C12H17BrO. The summed E-state index contributed by atoms with van der Waals surface area (Å²) in [6.07, 6.45) is 1.12. The number of hydrogen-bond donors (Lipinski definition) is 0. The number of alkyl halides is 1. The van der Waals surface area contributed by atoms with Crippen molar-refractivity contribution in [1.82, 2.24) is 0 Å². The van der Waals surface area contributed by atoms with Crippen molar-refractivity contribution in [3.8, 4) is 5.75 Å². The minimum absolute atomic E-state index is 0.483. The fourth-order valence-corrected chi connectivity index (χ4v) is 1.88. The average Bonchev–Trinajstić information content (AvgIpc) is 2.26. The number of hydrogen-bond acceptors (Lipinski definition) is 1. The Kier molecular flexibility index (Phi) is 4.46. The average molecular weight is 257 g/mol. The largest absolute Gasteiger partial charge is 0.496 e. The molecule has 0 amide bonds. The Hall–Kier alpha value is -0.500. The Morgan fingerprint density at radius 2 is 2.00 bits per heavy atom. The lowest BCUT2D eigenvalue weighted by Gasteiger charge is -2.19. The van der Waals surface area contributed by atoms with Crippen LogP contribution in [0.4, 0.5) is 0 Å². The second-order valence-corrected chi connectivity index (χ2v) is 4.63. The Balaban J connectivity index is 2.93. The molecule has 0 saturated heterocycles. The van der Waals surface area contributed by atoms with Gasteiger partial charge < -0.3 is 4.74 Å². The summed E-state index contributed by atoms with van der Waals surface area (Å²) in [5.74, 6) is 1.47. The van der Waals surface area contributed by atoms with Gasteiger partial charge in [0, 0.05) is 4.83 Å². The molecule has 1 rings (SSSR count). The summed E-state index contributed by atoms with van der Waals surface area (Å²) in [4.78, 5) is 0.513. The molecule has 1 aromatic rings. The molecule has 0 heterocycles. The number of ether oxygens (including phenoxy) is 1. The van der Waals surface area contributed by atoms with Crippen molar-refractivity contribution in [3.05, 3.63) is 29.8 Å². The third-order valence-corrected chi connectivity index (χ3v) is 4.00. The maximum Gasteiger partial charge on any atom is 0.122 e. The van der Waals surface area contributed by atoms with Gasteiger partial charge in [-0.3, -0.25) is 0 Å². The lowest BCUT2D eigenvalue weighted by Crippen LogP contribution is -2.08. The van der Waals surface area contributed by atoms with Gasteiger partial charge >= 0.3 is 0 Å². The summed E-state index contributed by atoms with van der Waals surface area (Å²) in [6.45, 7) is 4.41. The highest BCUT2D eigenvalue weighted by molar-refractivity contribution is 9.09. The minimum atomic E-state index is 0.483. The van der Waals surface area contributed by atoms with E-state index in [2.05, 4.69) is 41.9 Å². The molecule has 2 unspecified atom stereocenters. The molecule has 0 fully saturated rings. The molecule has 14 heavy (non-hydrogen) atoms. The Bertz CT molecular complexity index is 285. The van der Waals surface area contributed by atoms with Crippen LogP contribution in [0.15, 0.2) is 24.3 Å². The summed E-state index contributed by atoms with van der Waals surface area (Å²) in [7, 11) is 1.72. The van der Waals surface area contributed by atoms with Crippen molar-refractivity contribution in [3.63, 3.8) is 0 Å². The molecule has 0 saturated carbocycles. The molecule has 0 bridgehead atoms. The highest BCUT2D eigenvalue weighted by Crippen LogP contribution is 2.32. The fraction of sp³-hybridized carbons (Fsp3) is 0.500. The van der Waals surface area contributed by atoms with E-state index in [1.165, 1.54) is 5.56 Å². The lowest BCUT2D eigenvalue weighted by molar-refractivity contribution is 0.406. The summed E-state index contributed by atoms with van der Waals surface area (Å²) in [5, 5.41) is 0. The van der Waals surface area contributed by atoms with Gasteiger partial charge in [-0.15, -0.1) is 0 Å². The smallest absolute Gasteiger partial charge is 0.122 e. The first-order valence-electron chi connectivity index (χ1n) is 4.97. The van der Waals surface area contributed by atoms with Gasteiger partial charge in [0.15, 0.2) is 0 Å². The topological polar surface area (TPSA) is 9.23 Å². The fourth-order valence-electron chi connectivity index (χ4n) is 1.59. The summed E-state index contributed by atoms with van der Waals surface area (Å²) in [5.41, 5.74) is 1.28. The van der Waals surface area contributed by atoms with Crippen molar-refractivity contribution in [1.29, 1.82) is 0 Å². The Labute approximate surface area is 94.6 Å². The normalized spacial score (nSPS) is 14.9. The highest BCUT2D eigenvalue weighted by Gasteiger charge is 2.17. The number of para-hydroxylation sites is 1. The molecule has 1 nitrogen and oxygen atoms in total. The van der Waals surface area contributed by atoms with E-state index in [1.54, 1.807) is 7.11 Å². The number of benzene rings is 1. The van der Waals surface area contributed by atoms with E-state index in [0.29, 0.717) is 10.7 Å². The zero-order chi connectivity index (χ0) is 10.6. The predicted molar refractivity (Wildman–Crippen MR) is 64.4 cm³/mol. The van der Waals surface area contributed by atoms with E-state index >= 15 is 0 Å². The first-order valence-corrected chi connectivity index (χ1v) is 5.89. The van der Waals surface area contributed by atoms with Crippen LogP contribution in [0.1, 0.15) is 31.7 Å². The molecule has 0 aliphatic rings. The zero-order valence-corrected chi connectivity index (χ0v) is 10.5. The third kappa shape index (κ3) is 2.50. The van der Waals surface area contributed by atoms with Gasteiger partial charge in [-0.2, -0.15) is 0 Å². The van der Waals surface area contributed by atoms with Gasteiger partial charge in [-0.05, 0) is 24.0 Å². The van der Waals surface area contributed by atoms with E-state index < -0.39 is 0 Å². The zero-order valence-electron chi connectivity index (χ0n) is 8.96. The SMILES string of the molecule is CCC(Br)C(C)c1ccccc1OC. The van der Waals surface area contributed by atoms with Gasteiger partial charge in [0.1, 0.15) is 5.75 Å². The molecule has 2 atom stereocenters. The molecule has 0 aliphatic heterocycles. The molecule has 78 valence electrons. The summed E-state index contributed by atoms with van der Waals surface area (Å²) >= 11 is 3.69. The van der Waals surface area contributed by atoms with Crippen LogP contribution in [0.25, 0.3) is 0 Å². The van der Waals surface area contributed by atoms with E-state index in [-0.39, 0.29) is 0 Å².